The molecule has 0 bridgehead atoms. The van der Waals surface area contributed by atoms with Crippen LogP contribution in [0.4, 0.5) is 5.13 Å². The zero-order chi connectivity index (χ0) is 19.6. The first-order valence-electron chi connectivity index (χ1n) is 9.17. The van der Waals surface area contributed by atoms with Crippen molar-refractivity contribution in [1.82, 2.24) is 9.88 Å². The molecule has 2 aromatic rings. The number of fused-ring (bicyclic) bond motifs is 1. The normalized spacial score (nSPS) is 14.4. The number of hydrogen-bond donors (Lipinski definition) is 1. The quantitative estimate of drug-likeness (QED) is 0.735. The van der Waals surface area contributed by atoms with Crippen LogP contribution in [0, 0.1) is 0 Å². The molecule has 0 saturated heterocycles. The number of aromatic nitrogens is 1. The number of nitrogens with one attached hydrogen (secondary N) is 1. The summed E-state index contributed by atoms with van der Waals surface area (Å²) < 4.78 is 24.4. The molecule has 0 saturated carbocycles. The number of halogens is 1. The lowest BCUT2D eigenvalue weighted by molar-refractivity contribution is 0.102. The van der Waals surface area contributed by atoms with E-state index in [4.69, 9.17) is 0 Å². The Labute approximate surface area is 176 Å². The first-order chi connectivity index (χ1) is 12.8. The Morgan fingerprint density at radius 3 is 2.57 bits per heavy atom. The molecule has 3 rings (SSSR count). The number of hydrogen-bond acceptors (Lipinski definition) is 6. The van der Waals surface area contributed by atoms with Crippen LogP contribution in [0.15, 0.2) is 29.2 Å². The van der Waals surface area contributed by atoms with Crippen LogP contribution in [0.2, 0.25) is 0 Å². The number of sulfone groups is 1. The van der Waals surface area contributed by atoms with Crippen molar-refractivity contribution in [3.8, 4) is 0 Å². The number of anilines is 1. The fraction of sp³-hybridized carbons (Fsp3) is 0.474. The van der Waals surface area contributed by atoms with Crippen LogP contribution in [0.3, 0.4) is 0 Å². The number of carbonyl (C=O) groups excluding carboxylic acids is 1. The number of rotatable bonds is 6. The van der Waals surface area contributed by atoms with Gasteiger partial charge >= 0.3 is 0 Å². The van der Waals surface area contributed by atoms with Gasteiger partial charge in [0.25, 0.3) is 5.91 Å². The molecular formula is C19H26ClN3O3S2. The van der Waals surface area contributed by atoms with Crippen LogP contribution >= 0.6 is 23.7 Å². The maximum atomic E-state index is 12.5. The van der Waals surface area contributed by atoms with Crippen molar-refractivity contribution in [2.45, 2.75) is 50.3 Å². The van der Waals surface area contributed by atoms with Gasteiger partial charge in [-0.1, -0.05) is 6.92 Å². The zero-order valence-electron chi connectivity index (χ0n) is 16.3. The third kappa shape index (κ3) is 4.92. The van der Waals surface area contributed by atoms with Gasteiger partial charge in [0.1, 0.15) is 0 Å². The van der Waals surface area contributed by atoms with E-state index in [2.05, 4.69) is 22.1 Å². The first-order valence-corrected chi connectivity index (χ1v) is 11.5. The summed E-state index contributed by atoms with van der Waals surface area (Å²) in [6, 6.07) is 6.06. The lowest BCUT2D eigenvalue weighted by Gasteiger charge is -2.24. The highest BCUT2D eigenvalue weighted by Crippen LogP contribution is 2.28. The van der Waals surface area contributed by atoms with E-state index in [1.807, 2.05) is 0 Å². The molecule has 0 fully saturated rings. The minimum atomic E-state index is -3.34. The van der Waals surface area contributed by atoms with Crippen molar-refractivity contribution >= 4 is 44.6 Å². The third-order valence-corrected chi connectivity index (χ3v) is 7.80. The summed E-state index contributed by atoms with van der Waals surface area (Å²) in [6.07, 6.45) is 2.03. The van der Waals surface area contributed by atoms with E-state index >= 15 is 0 Å². The van der Waals surface area contributed by atoms with E-state index < -0.39 is 15.1 Å². The summed E-state index contributed by atoms with van der Waals surface area (Å²) in [5.74, 6) is -0.278. The van der Waals surface area contributed by atoms with Gasteiger partial charge in [-0.05, 0) is 51.1 Å². The average molecular weight is 444 g/mol. The van der Waals surface area contributed by atoms with Crippen LogP contribution in [0.5, 0.6) is 0 Å². The van der Waals surface area contributed by atoms with Crippen LogP contribution in [0.25, 0.3) is 0 Å². The Kier molecular flexibility index (Phi) is 7.61. The SMILES string of the molecule is CCCN1CCc2nc(NC(=O)c3ccc(S(=O)(=O)C(C)C)cc3)sc2C1.Cl. The molecule has 1 aliphatic heterocycles. The number of carbonyl (C=O) groups is 1. The summed E-state index contributed by atoms with van der Waals surface area (Å²) in [7, 11) is -3.34. The molecule has 2 heterocycles. The molecule has 1 aliphatic rings. The van der Waals surface area contributed by atoms with Gasteiger partial charge in [0.05, 0.1) is 15.8 Å². The molecule has 0 spiro atoms. The smallest absolute Gasteiger partial charge is 0.257 e. The highest BCUT2D eigenvalue weighted by molar-refractivity contribution is 7.92. The number of thiazole rings is 1. The van der Waals surface area contributed by atoms with Gasteiger partial charge in [0, 0.05) is 30.0 Å². The standard InChI is InChI=1S/C19H25N3O3S2.ClH/c1-4-10-22-11-9-16-17(12-22)26-19(20-16)21-18(23)14-5-7-15(8-6-14)27(24,25)13(2)3;/h5-8,13H,4,9-12H2,1-3H3,(H,20,21,23);1H. The molecule has 28 heavy (non-hydrogen) atoms. The Morgan fingerprint density at radius 1 is 1.29 bits per heavy atom. The minimum Gasteiger partial charge on any atom is -0.298 e. The van der Waals surface area contributed by atoms with Crippen molar-refractivity contribution in [3.05, 3.63) is 40.4 Å². The fourth-order valence-corrected chi connectivity index (χ4v) is 5.15. The molecule has 9 heteroatoms. The predicted molar refractivity (Wildman–Crippen MR) is 115 cm³/mol. The number of nitrogens with zero attached hydrogens (tertiary/aromatic N) is 2. The van der Waals surface area contributed by atoms with Gasteiger partial charge in [0.2, 0.25) is 0 Å². The summed E-state index contributed by atoms with van der Waals surface area (Å²) in [4.78, 5) is 20.9. The molecule has 0 atom stereocenters. The molecule has 6 nitrogen and oxygen atoms in total. The van der Waals surface area contributed by atoms with Crippen LogP contribution in [-0.4, -0.2) is 42.5 Å². The molecule has 0 unspecified atom stereocenters. The summed E-state index contributed by atoms with van der Waals surface area (Å²) in [5, 5.41) is 2.95. The van der Waals surface area contributed by atoms with E-state index in [9.17, 15) is 13.2 Å². The largest absolute Gasteiger partial charge is 0.298 e. The Hall–Kier alpha value is -1.48. The second-order valence-electron chi connectivity index (χ2n) is 6.99. The van der Waals surface area contributed by atoms with E-state index in [0.717, 1.165) is 38.2 Å². The summed E-state index contributed by atoms with van der Waals surface area (Å²) >= 11 is 1.52. The Morgan fingerprint density at radius 2 is 1.96 bits per heavy atom. The van der Waals surface area contributed by atoms with Gasteiger partial charge in [-0.2, -0.15) is 0 Å². The lowest BCUT2D eigenvalue weighted by Crippen LogP contribution is -2.30. The van der Waals surface area contributed by atoms with Gasteiger partial charge in [0.15, 0.2) is 15.0 Å². The van der Waals surface area contributed by atoms with Crippen molar-refractivity contribution in [2.24, 2.45) is 0 Å². The predicted octanol–water partition coefficient (Wildman–Crippen LogP) is 3.77. The van der Waals surface area contributed by atoms with Crippen LogP contribution in [-0.2, 0) is 22.8 Å². The molecular weight excluding hydrogens is 418 g/mol. The van der Waals surface area contributed by atoms with E-state index in [1.165, 1.54) is 28.3 Å². The molecule has 1 aromatic carbocycles. The maximum absolute atomic E-state index is 12.5. The second-order valence-corrected chi connectivity index (χ2v) is 10.6. The average Bonchev–Trinajstić information content (AvgIpc) is 3.03. The molecule has 1 amide bonds. The first kappa shape index (κ1) is 22.8. The maximum Gasteiger partial charge on any atom is 0.257 e. The third-order valence-electron chi connectivity index (χ3n) is 4.64. The number of amides is 1. The number of benzene rings is 1. The highest BCUT2D eigenvalue weighted by atomic mass is 35.5. The van der Waals surface area contributed by atoms with E-state index in [-0.39, 0.29) is 23.2 Å². The molecule has 1 aromatic heterocycles. The van der Waals surface area contributed by atoms with Gasteiger partial charge < -0.3 is 0 Å². The topological polar surface area (TPSA) is 79.4 Å². The van der Waals surface area contributed by atoms with Crippen LogP contribution in [0.1, 0.15) is 48.1 Å². The van der Waals surface area contributed by atoms with Crippen molar-refractivity contribution in [1.29, 1.82) is 0 Å². The molecule has 0 aliphatic carbocycles. The molecule has 154 valence electrons. The summed E-state index contributed by atoms with van der Waals surface area (Å²) in [5.41, 5.74) is 1.49. The van der Waals surface area contributed by atoms with Gasteiger partial charge in [-0.3, -0.25) is 15.0 Å². The van der Waals surface area contributed by atoms with Gasteiger partial charge in [-0.25, -0.2) is 13.4 Å². The lowest BCUT2D eigenvalue weighted by atomic mass is 10.2. The summed E-state index contributed by atoms with van der Waals surface area (Å²) in [6.45, 7) is 8.42. The van der Waals surface area contributed by atoms with E-state index in [1.54, 1.807) is 26.0 Å². The highest BCUT2D eigenvalue weighted by Gasteiger charge is 2.22. The van der Waals surface area contributed by atoms with Crippen molar-refractivity contribution in [2.75, 3.05) is 18.4 Å². The van der Waals surface area contributed by atoms with Crippen molar-refractivity contribution < 1.29 is 13.2 Å². The van der Waals surface area contributed by atoms with Gasteiger partial charge in [-0.15, -0.1) is 23.7 Å². The molecule has 1 N–H and O–H groups in total. The monoisotopic (exact) mass is 443 g/mol. The van der Waals surface area contributed by atoms with Crippen LogP contribution < -0.4 is 5.32 Å². The zero-order valence-corrected chi connectivity index (χ0v) is 18.7. The van der Waals surface area contributed by atoms with E-state index in [0.29, 0.717) is 10.7 Å². The fourth-order valence-electron chi connectivity index (χ4n) is 3.05. The minimum absolute atomic E-state index is 0. The Bertz CT molecular complexity index is 924. The van der Waals surface area contributed by atoms with Crippen molar-refractivity contribution in [3.63, 3.8) is 0 Å². The molecule has 0 radical (unpaired) electrons. The second kappa shape index (κ2) is 9.35. The Balaban J connectivity index is 0.00000280.